The summed E-state index contributed by atoms with van der Waals surface area (Å²) in [6, 6.07) is -0.399. The van der Waals surface area contributed by atoms with Gasteiger partial charge in [0.1, 0.15) is 0 Å². The van der Waals surface area contributed by atoms with Crippen molar-refractivity contribution < 1.29 is 18.0 Å². The third kappa shape index (κ3) is 2.79. The molecule has 0 fully saturated rings. The standard InChI is InChI=1S/C9H11F3N2OS/c1-4(5(2)13)7(15)6-3-14-8(16-6)9(10,11)12/h3-5H,13H2,1-2H3. The number of hydrogen-bond donors (Lipinski definition) is 1. The van der Waals surface area contributed by atoms with Crippen LogP contribution in [0, 0.1) is 5.92 Å². The predicted octanol–water partition coefficient (Wildman–Crippen LogP) is 2.33. The van der Waals surface area contributed by atoms with Crippen molar-refractivity contribution in [2.75, 3.05) is 0 Å². The summed E-state index contributed by atoms with van der Waals surface area (Å²) >= 11 is 0.352. The molecule has 0 aliphatic carbocycles. The van der Waals surface area contributed by atoms with Crippen LogP contribution in [0.15, 0.2) is 6.20 Å². The van der Waals surface area contributed by atoms with Crippen molar-refractivity contribution in [3.8, 4) is 0 Å². The van der Waals surface area contributed by atoms with Gasteiger partial charge in [-0.1, -0.05) is 6.92 Å². The molecule has 0 saturated heterocycles. The van der Waals surface area contributed by atoms with E-state index in [-0.39, 0.29) is 4.88 Å². The van der Waals surface area contributed by atoms with Crippen LogP contribution in [0.5, 0.6) is 0 Å². The number of carbonyl (C=O) groups is 1. The van der Waals surface area contributed by atoms with Gasteiger partial charge in [0.05, 0.1) is 4.88 Å². The second-order valence-corrected chi connectivity index (χ2v) is 4.57. The molecule has 2 N–H and O–H groups in total. The normalized spacial score (nSPS) is 15.9. The Bertz CT molecular complexity index is 386. The SMILES string of the molecule is CC(N)C(C)C(=O)c1cnc(C(F)(F)F)s1. The second kappa shape index (κ2) is 4.50. The fourth-order valence-electron chi connectivity index (χ4n) is 0.982. The average molecular weight is 252 g/mol. The fraction of sp³-hybridized carbons (Fsp3) is 0.556. The lowest BCUT2D eigenvalue weighted by atomic mass is 9.99. The minimum Gasteiger partial charge on any atom is -0.327 e. The molecule has 2 unspecified atom stereocenters. The van der Waals surface area contributed by atoms with Crippen LogP contribution in [0.4, 0.5) is 13.2 Å². The minimum atomic E-state index is -4.50. The molecular formula is C9H11F3N2OS. The van der Waals surface area contributed by atoms with Crippen molar-refractivity contribution in [3.63, 3.8) is 0 Å². The minimum absolute atomic E-state index is 0.00266. The molecule has 7 heteroatoms. The van der Waals surface area contributed by atoms with Crippen LogP contribution in [0.1, 0.15) is 28.5 Å². The molecule has 0 radical (unpaired) electrons. The molecule has 1 aromatic heterocycles. The van der Waals surface area contributed by atoms with Gasteiger partial charge < -0.3 is 5.73 Å². The maximum atomic E-state index is 12.2. The molecule has 16 heavy (non-hydrogen) atoms. The average Bonchev–Trinajstić information content (AvgIpc) is 2.63. The van der Waals surface area contributed by atoms with Crippen LogP contribution in [-0.2, 0) is 6.18 Å². The smallest absolute Gasteiger partial charge is 0.327 e. The predicted molar refractivity (Wildman–Crippen MR) is 54.3 cm³/mol. The number of rotatable bonds is 3. The van der Waals surface area contributed by atoms with E-state index in [4.69, 9.17) is 5.73 Å². The Balaban J connectivity index is 2.91. The largest absolute Gasteiger partial charge is 0.443 e. The van der Waals surface area contributed by atoms with E-state index < -0.39 is 28.9 Å². The number of thiazole rings is 1. The number of ketones is 1. The van der Waals surface area contributed by atoms with Gasteiger partial charge in [0, 0.05) is 18.2 Å². The van der Waals surface area contributed by atoms with E-state index >= 15 is 0 Å². The molecular weight excluding hydrogens is 241 g/mol. The Morgan fingerprint density at radius 1 is 1.50 bits per heavy atom. The summed E-state index contributed by atoms with van der Waals surface area (Å²) in [7, 11) is 0. The number of nitrogens with zero attached hydrogens (tertiary/aromatic N) is 1. The number of Topliss-reactive ketones (excluding diaryl/α,β-unsaturated/α-hetero) is 1. The van der Waals surface area contributed by atoms with Gasteiger partial charge in [-0.15, -0.1) is 11.3 Å². The lowest BCUT2D eigenvalue weighted by Crippen LogP contribution is -2.30. The first kappa shape index (κ1) is 13.1. The third-order valence-corrected chi connectivity index (χ3v) is 3.25. The highest BCUT2D eigenvalue weighted by Crippen LogP contribution is 2.33. The Hall–Kier alpha value is -0.950. The Morgan fingerprint density at radius 2 is 2.06 bits per heavy atom. The van der Waals surface area contributed by atoms with Crippen LogP contribution in [-0.4, -0.2) is 16.8 Å². The summed E-state index contributed by atoms with van der Waals surface area (Å²) in [6.45, 7) is 3.22. The summed E-state index contributed by atoms with van der Waals surface area (Å²) in [4.78, 5) is 14.8. The Labute approximate surface area is 94.5 Å². The zero-order valence-corrected chi connectivity index (χ0v) is 9.52. The molecule has 1 aromatic rings. The van der Waals surface area contributed by atoms with Crippen molar-refractivity contribution in [1.29, 1.82) is 0 Å². The van der Waals surface area contributed by atoms with Gasteiger partial charge in [0.15, 0.2) is 10.8 Å². The molecule has 1 heterocycles. The maximum absolute atomic E-state index is 12.2. The quantitative estimate of drug-likeness (QED) is 0.840. The van der Waals surface area contributed by atoms with Crippen molar-refractivity contribution in [2.45, 2.75) is 26.1 Å². The van der Waals surface area contributed by atoms with E-state index in [0.29, 0.717) is 11.3 Å². The van der Waals surface area contributed by atoms with Gasteiger partial charge in [0.2, 0.25) is 0 Å². The Morgan fingerprint density at radius 3 is 2.44 bits per heavy atom. The fourth-order valence-corrected chi connectivity index (χ4v) is 1.80. The van der Waals surface area contributed by atoms with E-state index in [1.165, 1.54) is 0 Å². The number of halogens is 3. The number of carbonyl (C=O) groups excluding carboxylic acids is 1. The number of aromatic nitrogens is 1. The van der Waals surface area contributed by atoms with Crippen molar-refractivity contribution >= 4 is 17.1 Å². The van der Waals surface area contributed by atoms with Gasteiger partial charge in [-0.3, -0.25) is 4.79 Å². The van der Waals surface area contributed by atoms with E-state index in [0.717, 1.165) is 6.20 Å². The molecule has 3 nitrogen and oxygen atoms in total. The van der Waals surface area contributed by atoms with Crippen molar-refractivity contribution in [1.82, 2.24) is 4.98 Å². The van der Waals surface area contributed by atoms with Crippen molar-refractivity contribution in [2.24, 2.45) is 11.7 Å². The number of hydrogen-bond acceptors (Lipinski definition) is 4. The zero-order chi connectivity index (χ0) is 12.5. The molecule has 1 rings (SSSR count). The molecule has 0 aliphatic heterocycles. The van der Waals surface area contributed by atoms with Gasteiger partial charge in [-0.05, 0) is 6.92 Å². The highest BCUT2D eigenvalue weighted by atomic mass is 32.1. The second-order valence-electron chi connectivity index (χ2n) is 3.54. The van der Waals surface area contributed by atoms with Crippen LogP contribution in [0.3, 0.4) is 0 Å². The molecule has 0 aliphatic rings. The molecule has 0 aromatic carbocycles. The van der Waals surface area contributed by atoms with Gasteiger partial charge in [0.25, 0.3) is 0 Å². The van der Waals surface area contributed by atoms with E-state index in [1.54, 1.807) is 13.8 Å². The van der Waals surface area contributed by atoms with Crippen LogP contribution in [0.2, 0.25) is 0 Å². The van der Waals surface area contributed by atoms with E-state index in [2.05, 4.69) is 4.98 Å². The lowest BCUT2D eigenvalue weighted by molar-refractivity contribution is -0.137. The summed E-state index contributed by atoms with van der Waals surface area (Å²) in [5.74, 6) is -0.912. The molecule has 0 amide bonds. The summed E-state index contributed by atoms with van der Waals surface area (Å²) < 4.78 is 36.7. The summed E-state index contributed by atoms with van der Waals surface area (Å²) in [5.41, 5.74) is 5.51. The Kier molecular flexibility index (Phi) is 3.69. The van der Waals surface area contributed by atoms with Crippen molar-refractivity contribution in [3.05, 3.63) is 16.1 Å². The molecule has 2 atom stereocenters. The lowest BCUT2D eigenvalue weighted by Gasteiger charge is -2.12. The first-order valence-corrected chi connectivity index (χ1v) is 5.38. The number of alkyl halides is 3. The van der Waals surface area contributed by atoms with E-state index in [1.807, 2.05) is 0 Å². The maximum Gasteiger partial charge on any atom is 0.443 e. The summed E-state index contributed by atoms with van der Waals surface area (Å²) in [6.07, 6.45) is -3.55. The molecule has 0 spiro atoms. The monoisotopic (exact) mass is 252 g/mol. The van der Waals surface area contributed by atoms with Crippen LogP contribution < -0.4 is 5.73 Å². The number of nitrogens with two attached hydrogens (primary N) is 1. The highest BCUT2D eigenvalue weighted by Gasteiger charge is 2.35. The first-order chi connectivity index (χ1) is 7.23. The molecule has 90 valence electrons. The van der Waals surface area contributed by atoms with E-state index in [9.17, 15) is 18.0 Å². The summed E-state index contributed by atoms with van der Waals surface area (Å²) in [5, 5.41) is -1.01. The molecule has 0 saturated carbocycles. The third-order valence-electron chi connectivity index (χ3n) is 2.19. The topological polar surface area (TPSA) is 56.0 Å². The van der Waals surface area contributed by atoms with Gasteiger partial charge in [-0.2, -0.15) is 13.2 Å². The van der Waals surface area contributed by atoms with Gasteiger partial charge in [-0.25, -0.2) is 4.98 Å². The zero-order valence-electron chi connectivity index (χ0n) is 8.71. The van der Waals surface area contributed by atoms with Crippen LogP contribution >= 0.6 is 11.3 Å². The highest BCUT2D eigenvalue weighted by molar-refractivity contribution is 7.13. The van der Waals surface area contributed by atoms with Gasteiger partial charge >= 0.3 is 6.18 Å². The van der Waals surface area contributed by atoms with Crippen LogP contribution in [0.25, 0.3) is 0 Å². The first-order valence-electron chi connectivity index (χ1n) is 4.56. The molecule has 0 bridgehead atoms.